The molecule has 6 nitrogen and oxygen atoms in total. The van der Waals surface area contributed by atoms with Crippen molar-refractivity contribution in [1.82, 2.24) is 0 Å². The largest absolute Gasteiger partial charge is 0.462 e. The molecule has 0 aliphatic carbocycles. The molecule has 0 aliphatic heterocycles. The fourth-order valence-corrected chi connectivity index (χ4v) is 6.95. The summed E-state index contributed by atoms with van der Waals surface area (Å²) in [5.74, 6) is -1.11. The number of carbonyl (C=O) groups is 3. The minimum Gasteiger partial charge on any atom is -0.462 e. The van der Waals surface area contributed by atoms with E-state index in [1.54, 1.807) is 0 Å². The van der Waals surface area contributed by atoms with E-state index in [-0.39, 0.29) is 50.4 Å². The van der Waals surface area contributed by atoms with Crippen molar-refractivity contribution in [3.05, 3.63) is 207 Å². The first-order valence-corrected chi connectivity index (χ1v) is 29.6. The summed E-state index contributed by atoms with van der Waals surface area (Å²) in [4.78, 5) is 38.2. The molecule has 0 saturated heterocycles. The summed E-state index contributed by atoms with van der Waals surface area (Å²) < 4.78 is 16.7. The normalized spacial score (nSPS) is 13.6. The van der Waals surface area contributed by atoms with E-state index in [9.17, 15) is 14.4 Å². The molecule has 0 aromatic carbocycles. The molecule has 424 valence electrons. The highest BCUT2D eigenvalue weighted by molar-refractivity contribution is 5.71. The zero-order valence-electron chi connectivity index (χ0n) is 48.4. The van der Waals surface area contributed by atoms with Gasteiger partial charge < -0.3 is 14.2 Å². The third-order valence-electron chi connectivity index (χ3n) is 11.3. The van der Waals surface area contributed by atoms with E-state index in [0.717, 1.165) is 141 Å². The van der Waals surface area contributed by atoms with Crippen molar-refractivity contribution in [3.63, 3.8) is 0 Å². The molecule has 1 unspecified atom stereocenters. The van der Waals surface area contributed by atoms with Crippen molar-refractivity contribution in [2.45, 2.75) is 207 Å². The highest BCUT2D eigenvalue weighted by Crippen LogP contribution is 2.10. The van der Waals surface area contributed by atoms with Gasteiger partial charge in [-0.05, 0) is 161 Å². The molecule has 0 aliphatic rings. The third-order valence-corrected chi connectivity index (χ3v) is 11.3. The number of hydrogen-bond acceptors (Lipinski definition) is 6. The van der Waals surface area contributed by atoms with Gasteiger partial charge >= 0.3 is 17.9 Å². The van der Waals surface area contributed by atoms with Crippen LogP contribution in [0.4, 0.5) is 0 Å². The van der Waals surface area contributed by atoms with Gasteiger partial charge in [0.25, 0.3) is 0 Å². The second kappa shape index (κ2) is 62.5. The van der Waals surface area contributed by atoms with Crippen LogP contribution < -0.4 is 0 Å². The molecule has 77 heavy (non-hydrogen) atoms. The summed E-state index contributed by atoms with van der Waals surface area (Å²) >= 11 is 0. The molecule has 0 N–H and O–H groups in total. The first-order valence-electron chi connectivity index (χ1n) is 29.6. The van der Waals surface area contributed by atoms with Crippen LogP contribution in [0, 0.1) is 0 Å². The van der Waals surface area contributed by atoms with Gasteiger partial charge in [0, 0.05) is 19.3 Å². The Balaban J connectivity index is 4.67. The van der Waals surface area contributed by atoms with Crippen LogP contribution in [-0.2, 0) is 28.6 Å². The zero-order valence-corrected chi connectivity index (χ0v) is 48.4. The smallest absolute Gasteiger partial charge is 0.306 e. The minimum absolute atomic E-state index is 0.148. The van der Waals surface area contributed by atoms with Crippen molar-refractivity contribution in [2.75, 3.05) is 13.2 Å². The Morgan fingerprint density at radius 1 is 0.260 bits per heavy atom. The quantitative estimate of drug-likeness (QED) is 0.0261. The van der Waals surface area contributed by atoms with Gasteiger partial charge in [-0.1, -0.05) is 227 Å². The molecule has 0 saturated carbocycles. The molecule has 0 fully saturated rings. The van der Waals surface area contributed by atoms with Crippen LogP contribution in [0.1, 0.15) is 201 Å². The molecule has 0 radical (unpaired) electrons. The Hall–Kier alpha value is -6.01. The monoisotopic (exact) mass is 1050 g/mol. The molecule has 0 bridgehead atoms. The van der Waals surface area contributed by atoms with Crippen LogP contribution in [0.25, 0.3) is 0 Å². The first kappa shape index (κ1) is 71.0. The maximum atomic E-state index is 12.9. The van der Waals surface area contributed by atoms with Crippen molar-refractivity contribution in [1.29, 1.82) is 0 Å². The summed E-state index contributed by atoms with van der Waals surface area (Å²) in [5, 5.41) is 0. The van der Waals surface area contributed by atoms with E-state index < -0.39 is 6.10 Å². The van der Waals surface area contributed by atoms with Crippen LogP contribution in [0.5, 0.6) is 0 Å². The second-order valence-electron chi connectivity index (χ2n) is 18.4. The molecular formula is C71H104O6. The number of rotatable bonds is 50. The third kappa shape index (κ3) is 60.7. The molecule has 0 aromatic heterocycles. The summed E-state index contributed by atoms with van der Waals surface area (Å²) in [6.45, 7) is 6.14. The van der Waals surface area contributed by atoms with E-state index >= 15 is 0 Å². The minimum atomic E-state index is -0.857. The zero-order chi connectivity index (χ0) is 55.7. The van der Waals surface area contributed by atoms with Crippen LogP contribution in [0.15, 0.2) is 207 Å². The van der Waals surface area contributed by atoms with Gasteiger partial charge in [0.2, 0.25) is 0 Å². The van der Waals surface area contributed by atoms with Crippen molar-refractivity contribution >= 4 is 17.9 Å². The Kier molecular flexibility index (Phi) is 57.6. The van der Waals surface area contributed by atoms with Gasteiger partial charge in [-0.25, -0.2) is 0 Å². The fraction of sp³-hybridized carbons (Fsp3) is 0.479. The average molecular weight is 1050 g/mol. The number of esters is 3. The van der Waals surface area contributed by atoms with Crippen LogP contribution >= 0.6 is 0 Å². The standard InChI is InChI=1S/C71H104O6/c1-4-7-10-13-16-19-22-25-28-30-32-34-35-37-38-40-43-46-49-52-55-58-61-64-70(73)76-67-68(66-75-69(72)63-60-57-54-51-48-45-42-27-24-21-18-15-12-9-6-3)77-71(74)65-62-59-56-53-50-47-44-41-39-36-33-31-29-26-23-20-17-14-11-8-5-2/h7-12,16-21,25-29,32-34,36-38,41-44,46,48,50-53,55,68H,4-6,13-15,22-24,30-31,35,39-40,45,47,49,54,56-67H2,1-3H3/b10-7-,11-8-,12-9-,19-16-,20-17-,21-18-,28-25-,29-26-,34-32-,36-33-,38-37-,42-27-,44-41-,46-43-,51-48-,53-50-,55-52-. The Morgan fingerprint density at radius 3 is 0.727 bits per heavy atom. The molecule has 0 heterocycles. The maximum Gasteiger partial charge on any atom is 0.306 e. The fourth-order valence-electron chi connectivity index (χ4n) is 6.95. The van der Waals surface area contributed by atoms with E-state index in [2.05, 4.69) is 227 Å². The van der Waals surface area contributed by atoms with Gasteiger partial charge in [0.1, 0.15) is 13.2 Å². The summed E-state index contributed by atoms with van der Waals surface area (Å²) in [5.41, 5.74) is 0. The molecule has 0 spiro atoms. The van der Waals surface area contributed by atoms with Crippen molar-refractivity contribution in [2.24, 2.45) is 0 Å². The first-order chi connectivity index (χ1) is 38.0. The van der Waals surface area contributed by atoms with Crippen LogP contribution in [-0.4, -0.2) is 37.2 Å². The average Bonchev–Trinajstić information content (AvgIpc) is 3.43. The van der Waals surface area contributed by atoms with Gasteiger partial charge in [0.15, 0.2) is 6.10 Å². The Morgan fingerprint density at radius 2 is 0.468 bits per heavy atom. The SMILES string of the molecule is CC/C=C\C/C=C\C/C=C\C/C=C\C/C=C\C/C=C\C/C=C\CCCC(=O)OCC(COC(=O)CCCC/C=C\C/C=C\C/C=C\C/C=C\CC)OC(=O)CCCC/C=C\C/C=C\C/C=C\C/C=C\C/C=C\C/C=C\CC. The Bertz CT molecular complexity index is 1930. The van der Waals surface area contributed by atoms with Crippen LogP contribution in [0.2, 0.25) is 0 Å². The molecule has 0 rings (SSSR count). The summed E-state index contributed by atoms with van der Waals surface area (Å²) in [6, 6.07) is 0. The van der Waals surface area contributed by atoms with Gasteiger partial charge in [-0.2, -0.15) is 0 Å². The lowest BCUT2D eigenvalue weighted by molar-refractivity contribution is -0.167. The van der Waals surface area contributed by atoms with Crippen molar-refractivity contribution in [3.8, 4) is 0 Å². The molecule has 1 atom stereocenters. The summed E-state index contributed by atoms with van der Waals surface area (Å²) in [6.07, 6.45) is 96.8. The molecule has 6 heteroatoms. The lowest BCUT2D eigenvalue weighted by Gasteiger charge is -2.18. The van der Waals surface area contributed by atoms with Gasteiger partial charge in [-0.15, -0.1) is 0 Å². The summed E-state index contributed by atoms with van der Waals surface area (Å²) in [7, 11) is 0. The topological polar surface area (TPSA) is 78.9 Å². The number of allylic oxidation sites excluding steroid dienone is 34. The van der Waals surface area contributed by atoms with E-state index in [4.69, 9.17) is 14.2 Å². The van der Waals surface area contributed by atoms with E-state index in [1.165, 1.54) is 0 Å². The van der Waals surface area contributed by atoms with E-state index in [1.807, 2.05) is 0 Å². The maximum absolute atomic E-state index is 12.9. The highest BCUT2D eigenvalue weighted by atomic mass is 16.6. The molecular weight excluding hydrogens is 949 g/mol. The van der Waals surface area contributed by atoms with Gasteiger partial charge in [-0.3, -0.25) is 14.4 Å². The predicted molar refractivity (Wildman–Crippen MR) is 333 cm³/mol. The second-order valence-corrected chi connectivity index (χ2v) is 18.4. The lowest BCUT2D eigenvalue weighted by Crippen LogP contribution is -2.30. The van der Waals surface area contributed by atoms with E-state index in [0.29, 0.717) is 19.3 Å². The number of ether oxygens (including phenoxy) is 3. The van der Waals surface area contributed by atoms with Crippen LogP contribution in [0.3, 0.4) is 0 Å². The molecule has 0 amide bonds. The molecule has 0 aromatic rings. The van der Waals surface area contributed by atoms with Crippen molar-refractivity contribution < 1.29 is 28.6 Å². The number of hydrogen-bond donors (Lipinski definition) is 0. The Labute approximate surface area is 470 Å². The predicted octanol–water partition coefficient (Wildman–Crippen LogP) is 20.4. The number of carbonyl (C=O) groups excluding carboxylic acids is 3. The number of unbranched alkanes of at least 4 members (excludes halogenated alkanes) is 5. The lowest BCUT2D eigenvalue weighted by atomic mass is 10.1. The highest BCUT2D eigenvalue weighted by Gasteiger charge is 2.19. The van der Waals surface area contributed by atoms with Gasteiger partial charge in [0.05, 0.1) is 0 Å².